The SMILES string of the molecule is C=C/C=C(\C=C/CC)NC(=O)Nc1ccc(Cl)cc1. The van der Waals surface area contributed by atoms with Gasteiger partial charge in [0.25, 0.3) is 0 Å². The topological polar surface area (TPSA) is 41.1 Å². The summed E-state index contributed by atoms with van der Waals surface area (Å²) in [6.07, 6.45) is 8.04. The lowest BCUT2D eigenvalue weighted by Crippen LogP contribution is -2.27. The van der Waals surface area contributed by atoms with Crippen LogP contribution in [0.5, 0.6) is 0 Å². The third-order valence-corrected chi connectivity index (χ3v) is 2.44. The second-order valence-electron chi connectivity index (χ2n) is 3.75. The molecule has 100 valence electrons. The number of nitrogens with one attached hydrogen (secondary N) is 2. The van der Waals surface area contributed by atoms with Crippen molar-refractivity contribution in [2.45, 2.75) is 13.3 Å². The number of allylic oxidation sites excluding steroid dienone is 4. The van der Waals surface area contributed by atoms with Crippen LogP contribution in [0.4, 0.5) is 10.5 Å². The molecular weight excluding hydrogens is 260 g/mol. The molecule has 1 rings (SSSR count). The molecule has 0 aromatic heterocycles. The highest BCUT2D eigenvalue weighted by Gasteiger charge is 2.02. The standard InChI is InChI=1S/C15H17ClN2O/c1-3-5-7-13(6-4-2)17-15(19)18-14-10-8-12(16)9-11-14/h4-11H,2-3H2,1H3,(H2,17,18,19)/b7-5-,13-6+. The van der Waals surface area contributed by atoms with Crippen molar-refractivity contribution >= 4 is 23.3 Å². The Morgan fingerprint density at radius 1 is 1.37 bits per heavy atom. The van der Waals surface area contributed by atoms with Crippen LogP contribution in [0.1, 0.15) is 13.3 Å². The molecule has 4 heteroatoms. The number of hydrogen-bond donors (Lipinski definition) is 2. The molecule has 1 aromatic carbocycles. The minimum Gasteiger partial charge on any atom is -0.308 e. The van der Waals surface area contributed by atoms with Crippen LogP contribution in [0.25, 0.3) is 0 Å². The van der Waals surface area contributed by atoms with E-state index in [9.17, 15) is 4.79 Å². The van der Waals surface area contributed by atoms with Crippen LogP contribution in [0.3, 0.4) is 0 Å². The summed E-state index contributed by atoms with van der Waals surface area (Å²) in [5.41, 5.74) is 1.36. The van der Waals surface area contributed by atoms with Crippen LogP contribution < -0.4 is 10.6 Å². The number of carbonyl (C=O) groups is 1. The molecule has 0 saturated carbocycles. The van der Waals surface area contributed by atoms with E-state index < -0.39 is 0 Å². The minimum atomic E-state index is -0.309. The van der Waals surface area contributed by atoms with Crippen LogP contribution in [-0.2, 0) is 0 Å². The van der Waals surface area contributed by atoms with Crippen LogP contribution >= 0.6 is 11.6 Å². The van der Waals surface area contributed by atoms with E-state index in [2.05, 4.69) is 17.2 Å². The average Bonchev–Trinajstić information content (AvgIpc) is 2.39. The maximum Gasteiger partial charge on any atom is 0.323 e. The Morgan fingerprint density at radius 3 is 2.63 bits per heavy atom. The summed E-state index contributed by atoms with van der Waals surface area (Å²) in [5, 5.41) is 6.08. The first-order chi connectivity index (χ1) is 9.15. The third kappa shape index (κ3) is 5.93. The van der Waals surface area contributed by atoms with Crippen LogP contribution in [0, 0.1) is 0 Å². The number of hydrogen-bond acceptors (Lipinski definition) is 1. The number of benzene rings is 1. The lowest BCUT2D eigenvalue weighted by molar-refractivity contribution is 0.254. The molecule has 0 bridgehead atoms. The Morgan fingerprint density at radius 2 is 2.05 bits per heavy atom. The Kier molecular flexibility index (Phi) is 6.47. The van der Waals surface area contributed by atoms with Gasteiger partial charge in [-0.25, -0.2) is 4.79 Å². The number of urea groups is 1. The van der Waals surface area contributed by atoms with Crippen LogP contribution in [-0.4, -0.2) is 6.03 Å². The molecule has 0 fully saturated rings. The van der Waals surface area contributed by atoms with Gasteiger partial charge in [0.05, 0.1) is 0 Å². The lowest BCUT2D eigenvalue weighted by Gasteiger charge is -2.08. The molecule has 0 radical (unpaired) electrons. The molecule has 0 aliphatic heterocycles. The molecule has 3 nitrogen and oxygen atoms in total. The fourth-order valence-electron chi connectivity index (χ4n) is 1.34. The van der Waals surface area contributed by atoms with Crippen molar-refractivity contribution in [2.75, 3.05) is 5.32 Å². The summed E-state index contributed by atoms with van der Waals surface area (Å²) < 4.78 is 0. The van der Waals surface area contributed by atoms with E-state index in [0.29, 0.717) is 16.4 Å². The van der Waals surface area contributed by atoms with Crippen molar-refractivity contribution in [3.63, 3.8) is 0 Å². The van der Waals surface area contributed by atoms with Gasteiger partial charge >= 0.3 is 6.03 Å². The van der Waals surface area contributed by atoms with E-state index in [1.54, 1.807) is 36.4 Å². The highest BCUT2D eigenvalue weighted by atomic mass is 35.5. The molecule has 19 heavy (non-hydrogen) atoms. The van der Waals surface area contributed by atoms with Gasteiger partial charge in [-0.05, 0) is 42.8 Å². The summed E-state index contributed by atoms with van der Waals surface area (Å²) in [6.45, 7) is 5.64. The lowest BCUT2D eigenvalue weighted by atomic mass is 10.3. The first kappa shape index (κ1) is 15.1. The summed E-state index contributed by atoms with van der Waals surface area (Å²) in [6, 6.07) is 6.60. The predicted octanol–water partition coefficient (Wildman–Crippen LogP) is 4.50. The zero-order valence-electron chi connectivity index (χ0n) is 10.8. The number of amides is 2. The molecule has 2 amide bonds. The largest absolute Gasteiger partial charge is 0.323 e. The Bertz CT molecular complexity index is 489. The molecule has 0 saturated heterocycles. The maximum atomic E-state index is 11.8. The molecule has 1 aromatic rings. The van der Waals surface area contributed by atoms with Crippen molar-refractivity contribution in [1.82, 2.24) is 5.32 Å². The molecule has 0 aliphatic carbocycles. The Balaban J connectivity index is 2.62. The van der Waals surface area contributed by atoms with E-state index in [-0.39, 0.29) is 6.03 Å². The zero-order chi connectivity index (χ0) is 14.1. The quantitative estimate of drug-likeness (QED) is 0.764. The van der Waals surface area contributed by atoms with Gasteiger partial charge in [0, 0.05) is 16.4 Å². The molecular formula is C15H17ClN2O. The molecule has 0 heterocycles. The molecule has 0 aliphatic rings. The second-order valence-corrected chi connectivity index (χ2v) is 4.19. The van der Waals surface area contributed by atoms with E-state index in [1.807, 2.05) is 19.1 Å². The van der Waals surface area contributed by atoms with Crippen LogP contribution in [0.2, 0.25) is 5.02 Å². The predicted molar refractivity (Wildman–Crippen MR) is 81.3 cm³/mol. The molecule has 0 unspecified atom stereocenters. The van der Waals surface area contributed by atoms with Crippen molar-refractivity contribution in [1.29, 1.82) is 0 Å². The van der Waals surface area contributed by atoms with Gasteiger partial charge in [-0.3, -0.25) is 0 Å². The monoisotopic (exact) mass is 276 g/mol. The van der Waals surface area contributed by atoms with Gasteiger partial charge in [-0.2, -0.15) is 0 Å². The van der Waals surface area contributed by atoms with E-state index >= 15 is 0 Å². The number of carbonyl (C=O) groups excluding carboxylic acids is 1. The molecule has 2 N–H and O–H groups in total. The second kappa shape index (κ2) is 8.16. The Hall–Kier alpha value is -2.00. The highest BCUT2D eigenvalue weighted by molar-refractivity contribution is 6.30. The van der Waals surface area contributed by atoms with Gasteiger partial charge in [0.15, 0.2) is 0 Å². The smallest absolute Gasteiger partial charge is 0.308 e. The Labute approximate surface area is 118 Å². The normalized spacial score (nSPS) is 11.4. The van der Waals surface area contributed by atoms with Crippen molar-refractivity contribution in [2.24, 2.45) is 0 Å². The van der Waals surface area contributed by atoms with Crippen molar-refractivity contribution in [3.05, 3.63) is 65.9 Å². The fourth-order valence-corrected chi connectivity index (χ4v) is 1.46. The number of halogens is 1. The highest BCUT2D eigenvalue weighted by Crippen LogP contribution is 2.13. The van der Waals surface area contributed by atoms with E-state index in [0.717, 1.165) is 6.42 Å². The fraction of sp³-hybridized carbons (Fsp3) is 0.133. The first-order valence-electron chi connectivity index (χ1n) is 5.98. The first-order valence-corrected chi connectivity index (χ1v) is 6.36. The summed E-state index contributed by atoms with van der Waals surface area (Å²) >= 11 is 5.77. The third-order valence-electron chi connectivity index (χ3n) is 2.19. The van der Waals surface area contributed by atoms with Crippen molar-refractivity contribution in [3.8, 4) is 0 Å². The zero-order valence-corrected chi connectivity index (χ0v) is 11.6. The summed E-state index contributed by atoms with van der Waals surface area (Å²) in [4.78, 5) is 11.8. The number of rotatable bonds is 5. The van der Waals surface area contributed by atoms with Gasteiger partial charge in [-0.1, -0.05) is 37.3 Å². The number of anilines is 1. The van der Waals surface area contributed by atoms with E-state index in [1.165, 1.54) is 0 Å². The van der Waals surface area contributed by atoms with Gasteiger partial charge in [0.1, 0.15) is 0 Å². The molecule has 0 atom stereocenters. The average molecular weight is 277 g/mol. The summed E-state index contributed by atoms with van der Waals surface area (Å²) in [7, 11) is 0. The van der Waals surface area contributed by atoms with Gasteiger partial charge < -0.3 is 10.6 Å². The van der Waals surface area contributed by atoms with Gasteiger partial charge in [0.2, 0.25) is 0 Å². The van der Waals surface area contributed by atoms with Gasteiger partial charge in [-0.15, -0.1) is 0 Å². The maximum absolute atomic E-state index is 11.8. The molecule has 0 spiro atoms. The minimum absolute atomic E-state index is 0.309. The van der Waals surface area contributed by atoms with Crippen LogP contribution in [0.15, 0.2) is 60.8 Å². The summed E-state index contributed by atoms with van der Waals surface area (Å²) in [5.74, 6) is 0. The van der Waals surface area contributed by atoms with Crippen molar-refractivity contribution < 1.29 is 4.79 Å². The van der Waals surface area contributed by atoms with E-state index in [4.69, 9.17) is 11.6 Å².